The van der Waals surface area contributed by atoms with Crippen molar-refractivity contribution < 1.29 is 4.79 Å². The number of amides is 1. The van der Waals surface area contributed by atoms with E-state index in [4.69, 9.17) is 11.6 Å². The van der Waals surface area contributed by atoms with Gasteiger partial charge in [0.1, 0.15) is 5.69 Å². The van der Waals surface area contributed by atoms with Crippen LogP contribution in [-0.4, -0.2) is 41.5 Å². The minimum absolute atomic E-state index is 0.0562. The summed E-state index contributed by atoms with van der Waals surface area (Å²) < 4.78 is 0. The van der Waals surface area contributed by atoms with Gasteiger partial charge in [0.05, 0.1) is 0 Å². The lowest BCUT2D eigenvalue weighted by atomic mass is 10.2. The molecule has 0 spiro atoms. The van der Waals surface area contributed by atoms with E-state index in [1.165, 1.54) is 0 Å². The van der Waals surface area contributed by atoms with Crippen LogP contribution < -0.4 is 5.32 Å². The second kappa shape index (κ2) is 4.87. The first kappa shape index (κ1) is 12.5. The molecular weight excluding hydrogens is 262 g/mol. The van der Waals surface area contributed by atoms with Crippen LogP contribution in [-0.2, 0) is 0 Å². The average molecular weight is 278 g/mol. The van der Waals surface area contributed by atoms with Gasteiger partial charge in [0.2, 0.25) is 0 Å². The summed E-state index contributed by atoms with van der Waals surface area (Å²) in [5.41, 5.74) is 1.57. The molecule has 1 aromatic carbocycles. The fraction of sp³-hybridized carbons (Fsp3) is 0.357. The number of nitrogens with zero attached hydrogens (tertiary/aromatic N) is 1. The maximum atomic E-state index is 12.4. The number of aromatic nitrogens is 1. The number of halogens is 1. The van der Waals surface area contributed by atoms with E-state index >= 15 is 0 Å². The highest BCUT2D eigenvalue weighted by molar-refractivity contribution is 6.31. The van der Waals surface area contributed by atoms with Crippen LogP contribution in [0.15, 0.2) is 24.3 Å². The Morgan fingerprint density at radius 1 is 1.42 bits per heavy atom. The Morgan fingerprint density at radius 2 is 2.26 bits per heavy atom. The molecule has 2 heterocycles. The largest absolute Gasteiger partial charge is 0.351 e. The number of aromatic amines is 1. The number of rotatable bonds is 1. The number of fused-ring (bicyclic) bond motifs is 1. The lowest BCUT2D eigenvalue weighted by molar-refractivity contribution is 0.0704. The molecule has 0 saturated carbocycles. The van der Waals surface area contributed by atoms with E-state index in [0.717, 1.165) is 30.5 Å². The SMILES string of the molecule is C[C@H]1CN(C(=O)c2cc3cc(Cl)ccc3[nH]2)CCN1. The number of benzene rings is 1. The van der Waals surface area contributed by atoms with Crippen molar-refractivity contribution in [1.82, 2.24) is 15.2 Å². The number of nitrogens with one attached hydrogen (secondary N) is 2. The molecule has 4 nitrogen and oxygen atoms in total. The summed E-state index contributed by atoms with van der Waals surface area (Å²) in [5, 5.41) is 4.98. The molecule has 0 aliphatic carbocycles. The normalized spacial score (nSPS) is 19.9. The number of carbonyl (C=O) groups is 1. The Morgan fingerprint density at radius 3 is 3.05 bits per heavy atom. The molecule has 1 aliphatic heterocycles. The van der Waals surface area contributed by atoms with Gasteiger partial charge in [0.25, 0.3) is 5.91 Å². The Labute approximate surface area is 116 Å². The highest BCUT2D eigenvalue weighted by Gasteiger charge is 2.22. The van der Waals surface area contributed by atoms with Crippen LogP contribution >= 0.6 is 11.6 Å². The standard InChI is InChI=1S/C14H16ClN3O/c1-9-8-18(5-4-16-9)14(19)13-7-10-6-11(15)2-3-12(10)17-13/h2-3,6-7,9,16-17H,4-5,8H2,1H3/t9-/m0/s1. The smallest absolute Gasteiger partial charge is 0.270 e. The fourth-order valence-electron chi connectivity index (χ4n) is 2.51. The van der Waals surface area contributed by atoms with Crippen LogP contribution in [0.4, 0.5) is 0 Å². The van der Waals surface area contributed by atoms with E-state index in [1.807, 2.05) is 29.2 Å². The topological polar surface area (TPSA) is 48.1 Å². The van der Waals surface area contributed by atoms with Gasteiger partial charge in [0.15, 0.2) is 0 Å². The predicted octanol–water partition coefficient (Wildman–Crippen LogP) is 2.26. The Kier molecular flexibility index (Phi) is 3.21. The maximum Gasteiger partial charge on any atom is 0.270 e. The molecule has 0 radical (unpaired) electrons. The second-order valence-electron chi connectivity index (χ2n) is 5.02. The Bertz CT molecular complexity index is 622. The lowest BCUT2D eigenvalue weighted by Crippen LogP contribution is -2.51. The second-order valence-corrected chi connectivity index (χ2v) is 5.46. The molecule has 1 aliphatic rings. The van der Waals surface area contributed by atoms with Crippen molar-refractivity contribution >= 4 is 28.4 Å². The summed E-state index contributed by atoms with van der Waals surface area (Å²) in [4.78, 5) is 17.5. The van der Waals surface area contributed by atoms with E-state index in [1.54, 1.807) is 0 Å². The van der Waals surface area contributed by atoms with Crippen molar-refractivity contribution in [1.29, 1.82) is 0 Å². The van der Waals surface area contributed by atoms with Crippen molar-refractivity contribution in [2.24, 2.45) is 0 Å². The minimum Gasteiger partial charge on any atom is -0.351 e. The molecule has 2 aromatic rings. The third-order valence-electron chi connectivity index (χ3n) is 3.47. The molecule has 100 valence electrons. The molecule has 1 atom stereocenters. The van der Waals surface area contributed by atoms with Crippen LogP contribution in [0.2, 0.25) is 5.02 Å². The van der Waals surface area contributed by atoms with Crippen molar-refractivity contribution in [3.8, 4) is 0 Å². The molecule has 19 heavy (non-hydrogen) atoms. The zero-order valence-corrected chi connectivity index (χ0v) is 11.5. The summed E-state index contributed by atoms with van der Waals surface area (Å²) in [6, 6.07) is 7.80. The third kappa shape index (κ3) is 2.46. The highest BCUT2D eigenvalue weighted by atomic mass is 35.5. The van der Waals surface area contributed by atoms with Gasteiger partial charge >= 0.3 is 0 Å². The van der Waals surface area contributed by atoms with Crippen LogP contribution in [0.25, 0.3) is 10.9 Å². The monoisotopic (exact) mass is 277 g/mol. The van der Waals surface area contributed by atoms with Gasteiger partial charge in [-0.15, -0.1) is 0 Å². The van der Waals surface area contributed by atoms with Crippen molar-refractivity contribution in [2.45, 2.75) is 13.0 Å². The molecule has 2 N–H and O–H groups in total. The molecule has 1 amide bonds. The zero-order chi connectivity index (χ0) is 13.4. The minimum atomic E-state index is 0.0562. The van der Waals surface area contributed by atoms with Gasteiger partial charge in [-0.05, 0) is 31.2 Å². The molecule has 1 saturated heterocycles. The summed E-state index contributed by atoms with van der Waals surface area (Å²) in [7, 11) is 0. The van der Waals surface area contributed by atoms with E-state index in [9.17, 15) is 4.79 Å². The van der Waals surface area contributed by atoms with Crippen molar-refractivity contribution in [3.05, 3.63) is 35.0 Å². The summed E-state index contributed by atoms with van der Waals surface area (Å²) in [6.45, 7) is 4.43. The first-order chi connectivity index (χ1) is 9.13. The van der Waals surface area contributed by atoms with Crippen LogP contribution in [0.5, 0.6) is 0 Å². The van der Waals surface area contributed by atoms with Gasteiger partial charge in [-0.2, -0.15) is 0 Å². The zero-order valence-electron chi connectivity index (χ0n) is 10.7. The first-order valence-electron chi connectivity index (χ1n) is 6.44. The van der Waals surface area contributed by atoms with E-state index < -0.39 is 0 Å². The van der Waals surface area contributed by atoms with Gasteiger partial charge in [0, 0.05) is 41.6 Å². The first-order valence-corrected chi connectivity index (χ1v) is 6.82. The lowest BCUT2D eigenvalue weighted by Gasteiger charge is -2.31. The number of H-pyrrole nitrogens is 1. The molecule has 0 unspecified atom stereocenters. The Hall–Kier alpha value is -1.52. The van der Waals surface area contributed by atoms with Gasteiger partial charge in [-0.3, -0.25) is 4.79 Å². The summed E-state index contributed by atoms with van der Waals surface area (Å²) in [5.74, 6) is 0.0562. The van der Waals surface area contributed by atoms with Crippen LogP contribution in [0.3, 0.4) is 0 Å². The van der Waals surface area contributed by atoms with E-state index in [-0.39, 0.29) is 5.91 Å². The van der Waals surface area contributed by atoms with E-state index in [0.29, 0.717) is 16.8 Å². The molecule has 1 aromatic heterocycles. The molecule has 3 rings (SSSR count). The van der Waals surface area contributed by atoms with Gasteiger partial charge in [-0.1, -0.05) is 11.6 Å². The molecule has 0 bridgehead atoms. The van der Waals surface area contributed by atoms with Gasteiger partial charge in [-0.25, -0.2) is 0 Å². The van der Waals surface area contributed by atoms with E-state index in [2.05, 4.69) is 17.2 Å². The highest BCUT2D eigenvalue weighted by Crippen LogP contribution is 2.21. The van der Waals surface area contributed by atoms with Gasteiger partial charge < -0.3 is 15.2 Å². The van der Waals surface area contributed by atoms with Crippen LogP contribution in [0.1, 0.15) is 17.4 Å². The van der Waals surface area contributed by atoms with Crippen molar-refractivity contribution in [2.75, 3.05) is 19.6 Å². The molecule has 1 fully saturated rings. The Balaban J connectivity index is 1.88. The average Bonchev–Trinajstić information content (AvgIpc) is 2.80. The van der Waals surface area contributed by atoms with Crippen molar-refractivity contribution in [3.63, 3.8) is 0 Å². The predicted molar refractivity (Wildman–Crippen MR) is 76.7 cm³/mol. The van der Waals surface area contributed by atoms with Crippen LogP contribution in [0, 0.1) is 0 Å². The maximum absolute atomic E-state index is 12.4. The number of piperazine rings is 1. The number of carbonyl (C=O) groups excluding carboxylic acids is 1. The number of hydrogen-bond acceptors (Lipinski definition) is 2. The molecule has 5 heteroatoms. The summed E-state index contributed by atoms with van der Waals surface area (Å²) >= 11 is 5.96. The quantitative estimate of drug-likeness (QED) is 0.840. The fourth-order valence-corrected chi connectivity index (χ4v) is 2.69. The number of hydrogen-bond donors (Lipinski definition) is 2. The summed E-state index contributed by atoms with van der Waals surface area (Å²) in [6.07, 6.45) is 0. The third-order valence-corrected chi connectivity index (χ3v) is 3.70. The molecular formula is C14H16ClN3O.